The third kappa shape index (κ3) is 4.74. The molecule has 33 heavy (non-hydrogen) atoms. The van der Waals surface area contributed by atoms with Gasteiger partial charge in [0.05, 0.1) is 19.9 Å². The van der Waals surface area contributed by atoms with Crippen LogP contribution in [0.1, 0.15) is 11.1 Å². The van der Waals surface area contributed by atoms with Crippen LogP contribution in [0.5, 0.6) is 11.5 Å². The van der Waals surface area contributed by atoms with Crippen LogP contribution in [0.15, 0.2) is 104 Å². The lowest BCUT2D eigenvalue weighted by Crippen LogP contribution is -2.06. The van der Waals surface area contributed by atoms with Gasteiger partial charge in [-0.1, -0.05) is 53.9 Å². The molecule has 164 valence electrons. The highest BCUT2D eigenvalue weighted by atomic mass is 32.2. The molecule has 0 saturated heterocycles. The maximum absolute atomic E-state index is 5.51. The fraction of sp³-hybridized carbons (Fsp3) is 0.115. The quantitative estimate of drug-likeness (QED) is 0.300. The molecule has 3 aromatic carbocycles. The molecule has 0 bridgehead atoms. The first kappa shape index (κ1) is 21.6. The zero-order chi connectivity index (χ0) is 22.6. The van der Waals surface area contributed by atoms with Crippen molar-refractivity contribution in [3.63, 3.8) is 0 Å². The number of methoxy groups -OCH3 is 2. The third-order valence-corrected chi connectivity index (χ3v) is 7.26. The van der Waals surface area contributed by atoms with Crippen LogP contribution in [-0.4, -0.2) is 29.9 Å². The lowest BCUT2D eigenvalue weighted by molar-refractivity contribution is 0.414. The molecule has 5 rings (SSSR count). The lowest BCUT2D eigenvalue weighted by Gasteiger charge is -2.11. The number of hydrogen-bond donors (Lipinski definition) is 0. The molecular formula is C26H21N3O2S2. The summed E-state index contributed by atoms with van der Waals surface area (Å²) in [7, 11) is 3.35. The number of benzene rings is 3. The molecule has 0 aliphatic carbocycles. The number of nitrogens with zero attached hydrogens (tertiary/aromatic N) is 3. The second kappa shape index (κ2) is 9.68. The van der Waals surface area contributed by atoms with Crippen LogP contribution in [-0.2, 0) is 6.42 Å². The van der Waals surface area contributed by atoms with Gasteiger partial charge in [0.25, 0.3) is 0 Å². The molecule has 5 nitrogen and oxygen atoms in total. The van der Waals surface area contributed by atoms with Gasteiger partial charge in [0.15, 0.2) is 0 Å². The Bertz CT molecular complexity index is 1310. The van der Waals surface area contributed by atoms with E-state index in [4.69, 9.17) is 14.5 Å². The zero-order valence-corrected chi connectivity index (χ0v) is 19.8. The summed E-state index contributed by atoms with van der Waals surface area (Å²) in [5, 5.41) is 1.67. The molecule has 1 aromatic heterocycles. The van der Waals surface area contributed by atoms with E-state index >= 15 is 0 Å². The largest absolute Gasteiger partial charge is 0.497 e. The first-order chi connectivity index (χ1) is 16.2. The van der Waals surface area contributed by atoms with E-state index in [1.165, 1.54) is 5.56 Å². The fourth-order valence-corrected chi connectivity index (χ4v) is 5.39. The third-order valence-electron chi connectivity index (χ3n) is 5.19. The number of fused-ring (bicyclic) bond motifs is 2. The van der Waals surface area contributed by atoms with Crippen LogP contribution in [0.3, 0.4) is 0 Å². The summed E-state index contributed by atoms with van der Waals surface area (Å²) >= 11 is 3.19. The molecule has 0 unspecified atom stereocenters. The van der Waals surface area contributed by atoms with Crippen molar-refractivity contribution in [2.75, 3.05) is 14.2 Å². The zero-order valence-electron chi connectivity index (χ0n) is 18.2. The summed E-state index contributed by atoms with van der Waals surface area (Å²) in [6, 6.07) is 24.4. The maximum atomic E-state index is 5.51. The molecule has 1 aliphatic rings. The summed E-state index contributed by atoms with van der Waals surface area (Å²) in [5.41, 5.74) is 4.01. The predicted molar refractivity (Wildman–Crippen MR) is 133 cm³/mol. The minimum Gasteiger partial charge on any atom is -0.497 e. The Morgan fingerprint density at radius 2 is 1.61 bits per heavy atom. The van der Waals surface area contributed by atoms with Crippen molar-refractivity contribution in [1.82, 2.24) is 9.97 Å². The van der Waals surface area contributed by atoms with Gasteiger partial charge < -0.3 is 9.47 Å². The second-order valence-electron chi connectivity index (χ2n) is 7.30. The van der Waals surface area contributed by atoms with Crippen molar-refractivity contribution in [2.45, 2.75) is 26.3 Å². The van der Waals surface area contributed by atoms with Gasteiger partial charge in [-0.05, 0) is 48.0 Å². The van der Waals surface area contributed by atoms with Crippen LogP contribution in [0.25, 0.3) is 0 Å². The molecule has 4 aromatic rings. The second-order valence-corrected chi connectivity index (χ2v) is 9.39. The Labute approximate surface area is 201 Å². The number of hydrogen-bond acceptors (Lipinski definition) is 7. The highest BCUT2D eigenvalue weighted by molar-refractivity contribution is 8.00. The van der Waals surface area contributed by atoms with Gasteiger partial charge in [-0.15, -0.1) is 0 Å². The number of aliphatic imine (C=N–C) groups is 1. The standard InChI is InChI=1S/C26H21N3O2S2/c1-30-18-8-11-20(12-9-18)32-25-24-26(28-16-27-25)33-23-13-10-19(31-2)15-21(23)22(29-24)14-17-6-4-3-5-7-17/h3-13,15-16H,14H2,1-2H3. The van der Waals surface area contributed by atoms with E-state index in [2.05, 4.69) is 46.4 Å². The molecule has 0 atom stereocenters. The van der Waals surface area contributed by atoms with Gasteiger partial charge >= 0.3 is 0 Å². The number of ether oxygens (including phenoxy) is 2. The fourth-order valence-electron chi connectivity index (χ4n) is 3.52. The van der Waals surface area contributed by atoms with Gasteiger partial charge in [0, 0.05) is 21.8 Å². The topological polar surface area (TPSA) is 56.6 Å². The smallest absolute Gasteiger partial charge is 0.131 e. The first-order valence-corrected chi connectivity index (χ1v) is 12.0. The molecule has 0 radical (unpaired) electrons. The van der Waals surface area contributed by atoms with Crippen molar-refractivity contribution >= 4 is 34.9 Å². The summed E-state index contributed by atoms with van der Waals surface area (Å²) in [5.74, 6) is 1.63. The molecule has 1 aliphatic heterocycles. The van der Waals surface area contributed by atoms with Gasteiger partial charge in [-0.25, -0.2) is 15.0 Å². The summed E-state index contributed by atoms with van der Waals surface area (Å²) in [6.45, 7) is 0. The number of aromatic nitrogens is 2. The minimum absolute atomic E-state index is 0.697. The number of rotatable bonds is 6. The Kier molecular flexibility index (Phi) is 6.32. The van der Waals surface area contributed by atoms with Crippen LogP contribution in [0.4, 0.5) is 5.69 Å². The van der Waals surface area contributed by atoms with Gasteiger partial charge in [-0.2, -0.15) is 0 Å². The molecule has 0 saturated carbocycles. The molecule has 2 heterocycles. The minimum atomic E-state index is 0.697. The average Bonchev–Trinajstić information content (AvgIpc) is 3.02. The summed E-state index contributed by atoms with van der Waals surface area (Å²) in [6.07, 6.45) is 2.31. The van der Waals surface area contributed by atoms with Crippen molar-refractivity contribution in [3.8, 4) is 11.5 Å². The molecule has 0 N–H and O–H groups in total. The maximum Gasteiger partial charge on any atom is 0.131 e. The molecular weight excluding hydrogens is 450 g/mol. The molecule has 0 fully saturated rings. The Hall–Kier alpha value is -3.29. The molecule has 0 amide bonds. The summed E-state index contributed by atoms with van der Waals surface area (Å²) in [4.78, 5) is 16.5. The molecule has 7 heteroatoms. The first-order valence-electron chi connectivity index (χ1n) is 10.4. The predicted octanol–water partition coefficient (Wildman–Crippen LogP) is 6.47. The highest BCUT2D eigenvalue weighted by Crippen LogP contribution is 2.45. The van der Waals surface area contributed by atoms with E-state index in [1.54, 1.807) is 44.1 Å². The monoisotopic (exact) mass is 471 g/mol. The Morgan fingerprint density at radius 3 is 2.36 bits per heavy atom. The van der Waals surface area contributed by atoms with E-state index in [0.717, 1.165) is 48.3 Å². The van der Waals surface area contributed by atoms with Gasteiger partial charge in [0.2, 0.25) is 0 Å². The van der Waals surface area contributed by atoms with E-state index in [1.807, 2.05) is 36.4 Å². The van der Waals surface area contributed by atoms with Crippen molar-refractivity contribution in [2.24, 2.45) is 4.99 Å². The Morgan fingerprint density at radius 1 is 0.848 bits per heavy atom. The highest BCUT2D eigenvalue weighted by Gasteiger charge is 2.22. The van der Waals surface area contributed by atoms with Crippen molar-refractivity contribution in [3.05, 3.63) is 90.3 Å². The Balaban J connectivity index is 1.60. The normalized spacial score (nSPS) is 12.2. The SMILES string of the molecule is COc1ccc(Sc2ncnc3c2N=C(Cc2ccccc2)c2cc(OC)ccc2S3)cc1. The summed E-state index contributed by atoms with van der Waals surface area (Å²) < 4.78 is 10.8. The van der Waals surface area contributed by atoms with Gasteiger partial charge in [0.1, 0.15) is 33.6 Å². The van der Waals surface area contributed by atoms with E-state index in [-0.39, 0.29) is 0 Å². The lowest BCUT2D eigenvalue weighted by atomic mass is 10.0. The van der Waals surface area contributed by atoms with Crippen LogP contribution in [0, 0.1) is 0 Å². The van der Waals surface area contributed by atoms with Crippen LogP contribution in [0.2, 0.25) is 0 Å². The van der Waals surface area contributed by atoms with Crippen molar-refractivity contribution in [1.29, 1.82) is 0 Å². The molecule has 0 spiro atoms. The van der Waals surface area contributed by atoms with E-state index in [0.29, 0.717) is 6.42 Å². The van der Waals surface area contributed by atoms with Gasteiger partial charge in [-0.3, -0.25) is 0 Å². The van der Waals surface area contributed by atoms with E-state index in [9.17, 15) is 0 Å². The van der Waals surface area contributed by atoms with Crippen LogP contribution < -0.4 is 9.47 Å². The van der Waals surface area contributed by atoms with E-state index < -0.39 is 0 Å². The van der Waals surface area contributed by atoms with Crippen molar-refractivity contribution < 1.29 is 9.47 Å². The average molecular weight is 472 g/mol. The van der Waals surface area contributed by atoms with Crippen LogP contribution >= 0.6 is 23.5 Å².